The van der Waals surface area contributed by atoms with Gasteiger partial charge in [-0.3, -0.25) is 9.69 Å². The van der Waals surface area contributed by atoms with Crippen LogP contribution in [-0.4, -0.2) is 73.7 Å². The van der Waals surface area contributed by atoms with E-state index in [2.05, 4.69) is 10.2 Å². The molecule has 0 aromatic heterocycles. The van der Waals surface area contributed by atoms with Crippen molar-refractivity contribution in [2.75, 3.05) is 45.9 Å². The van der Waals surface area contributed by atoms with Crippen molar-refractivity contribution in [2.45, 2.75) is 37.8 Å². The van der Waals surface area contributed by atoms with Crippen LogP contribution in [0.4, 0.5) is 0 Å². The summed E-state index contributed by atoms with van der Waals surface area (Å²) in [5.74, 6) is 0.290. The summed E-state index contributed by atoms with van der Waals surface area (Å²) in [5, 5.41) is 3.31. The van der Waals surface area contributed by atoms with Gasteiger partial charge in [0.2, 0.25) is 5.91 Å². The van der Waals surface area contributed by atoms with E-state index in [1.165, 1.54) is 6.42 Å². The third-order valence-corrected chi connectivity index (χ3v) is 4.62. The molecule has 0 saturated carbocycles. The number of hydrogen-bond donors (Lipinski definition) is 1. The quantitative estimate of drug-likeness (QED) is 0.785. The number of carbonyl (C=O) groups is 1. The van der Waals surface area contributed by atoms with Crippen LogP contribution in [0.1, 0.15) is 25.7 Å². The lowest BCUT2D eigenvalue weighted by molar-refractivity contribution is -0.137. The maximum atomic E-state index is 12.2. The van der Waals surface area contributed by atoms with Gasteiger partial charge >= 0.3 is 0 Å². The van der Waals surface area contributed by atoms with Gasteiger partial charge in [-0.2, -0.15) is 0 Å². The topological polar surface area (TPSA) is 44.8 Å². The third kappa shape index (κ3) is 3.27. The number of ether oxygens (including phenoxy) is 1. The highest BCUT2D eigenvalue weighted by molar-refractivity contribution is 5.76. The molecule has 3 saturated heterocycles. The summed E-state index contributed by atoms with van der Waals surface area (Å²) >= 11 is 0. The number of hydrogen-bond acceptors (Lipinski definition) is 4. The highest BCUT2D eigenvalue weighted by Gasteiger charge is 2.30. The van der Waals surface area contributed by atoms with Gasteiger partial charge in [0, 0.05) is 51.9 Å². The van der Waals surface area contributed by atoms with E-state index in [9.17, 15) is 4.79 Å². The SMILES string of the molecule is O=C(CC1CCCCO1)N1CCN(C2CNC2)CC1. The van der Waals surface area contributed by atoms with Crippen LogP contribution < -0.4 is 5.32 Å². The first-order valence-electron chi connectivity index (χ1n) is 7.67. The highest BCUT2D eigenvalue weighted by atomic mass is 16.5. The second-order valence-corrected chi connectivity index (χ2v) is 5.92. The molecule has 19 heavy (non-hydrogen) atoms. The van der Waals surface area contributed by atoms with Crippen molar-refractivity contribution in [3.05, 3.63) is 0 Å². The molecule has 3 aliphatic rings. The highest BCUT2D eigenvalue weighted by Crippen LogP contribution is 2.17. The fourth-order valence-corrected chi connectivity index (χ4v) is 3.16. The Morgan fingerprint density at radius 1 is 1.16 bits per heavy atom. The van der Waals surface area contributed by atoms with E-state index in [4.69, 9.17) is 4.74 Å². The summed E-state index contributed by atoms with van der Waals surface area (Å²) in [6.07, 6.45) is 4.18. The summed E-state index contributed by atoms with van der Waals surface area (Å²) in [4.78, 5) is 16.8. The zero-order chi connectivity index (χ0) is 13.1. The zero-order valence-corrected chi connectivity index (χ0v) is 11.6. The van der Waals surface area contributed by atoms with Crippen molar-refractivity contribution in [3.8, 4) is 0 Å². The minimum absolute atomic E-state index is 0.176. The standard InChI is InChI=1S/C14H25N3O2/c18-14(9-13-3-1-2-8-19-13)17-6-4-16(5-7-17)12-10-15-11-12/h12-13,15H,1-11H2. The summed E-state index contributed by atoms with van der Waals surface area (Å²) in [6, 6.07) is 0.707. The average Bonchev–Trinajstić information content (AvgIpc) is 2.39. The van der Waals surface area contributed by atoms with Gasteiger partial charge in [-0.15, -0.1) is 0 Å². The van der Waals surface area contributed by atoms with E-state index in [0.717, 1.165) is 58.7 Å². The number of piperazine rings is 1. The maximum Gasteiger partial charge on any atom is 0.225 e. The van der Waals surface area contributed by atoms with Crippen molar-refractivity contribution >= 4 is 5.91 Å². The minimum atomic E-state index is 0.176. The van der Waals surface area contributed by atoms with E-state index in [1.807, 2.05) is 4.90 Å². The first-order chi connectivity index (χ1) is 9.33. The molecule has 3 fully saturated rings. The van der Waals surface area contributed by atoms with Crippen LogP contribution in [0.5, 0.6) is 0 Å². The van der Waals surface area contributed by atoms with Crippen molar-refractivity contribution in [1.82, 2.24) is 15.1 Å². The average molecular weight is 267 g/mol. The van der Waals surface area contributed by atoms with Gasteiger partial charge in [0.05, 0.1) is 12.5 Å². The van der Waals surface area contributed by atoms with Crippen LogP contribution >= 0.6 is 0 Å². The molecule has 0 radical (unpaired) electrons. The Balaban J connectivity index is 1.41. The Labute approximate surface area is 115 Å². The fraction of sp³-hybridized carbons (Fsp3) is 0.929. The van der Waals surface area contributed by atoms with E-state index in [0.29, 0.717) is 18.4 Å². The van der Waals surface area contributed by atoms with Crippen molar-refractivity contribution < 1.29 is 9.53 Å². The minimum Gasteiger partial charge on any atom is -0.378 e. The number of rotatable bonds is 3. The maximum absolute atomic E-state index is 12.2. The normalized spacial score (nSPS) is 30.1. The molecule has 5 nitrogen and oxygen atoms in total. The van der Waals surface area contributed by atoms with E-state index < -0.39 is 0 Å². The Morgan fingerprint density at radius 3 is 2.53 bits per heavy atom. The second-order valence-electron chi connectivity index (χ2n) is 5.92. The summed E-state index contributed by atoms with van der Waals surface area (Å²) in [7, 11) is 0. The summed E-state index contributed by atoms with van der Waals surface area (Å²) in [5.41, 5.74) is 0. The molecular formula is C14H25N3O2. The largest absolute Gasteiger partial charge is 0.378 e. The number of nitrogens with one attached hydrogen (secondary N) is 1. The molecule has 3 rings (SSSR count). The van der Waals surface area contributed by atoms with Gasteiger partial charge in [0.15, 0.2) is 0 Å². The molecule has 5 heteroatoms. The molecule has 3 aliphatic heterocycles. The van der Waals surface area contributed by atoms with Crippen LogP contribution in [0.2, 0.25) is 0 Å². The van der Waals surface area contributed by atoms with Crippen LogP contribution in [0, 0.1) is 0 Å². The van der Waals surface area contributed by atoms with E-state index in [-0.39, 0.29) is 6.10 Å². The van der Waals surface area contributed by atoms with Gasteiger partial charge in [-0.1, -0.05) is 0 Å². The molecular weight excluding hydrogens is 242 g/mol. The Morgan fingerprint density at radius 2 is 1.95 bits per heavy atom. The van der Waals surface area contributed by atoms with Crippen LogP contribution in [0.3, 0.4) is 0 Å². The van der Waals surface area contributed by atoms with Crippen LogP contribution in [-0.2, 0) is 9.53 Å². The summed E-state index contributed by atoms with van der Waals surface area (Å²) in [6.45, 7) is 6.91. The van der Waals surface area contributed by atoms with Crippen molar-refractivity contribution in [2.24, 2.45) is 0 Å². The van der Waals surface area contributed by atoms with Gasteiger partial charge in [-0.05, 0) is 19.3 Å². The first-order valence-corrected chi connectivity index (χ1v) is 7.67. The fourth-order valence-electron chi connectivity index (χ4n) is 3.16. The van der Waals surface area contributed by atoms with Crippen molar-refractivity contribution in [3.63, 3.8) is 0 Å². The monoisotopic (exact) mass is 267 g/mol. The molecule has 1 N–H and O–H groups in total. The molecule has 1 atom stereocenters. The molecule has 108 valence electrons. The predicted octanol–water partition coefficient (Wildman–Crippen LogP) is 0.0616. The predicted molar refractivity (Wildman–Crippen MR) is 73.0 cm³/mol. The van der Waals surface area contributed by atoms with Gasteiger partial charge in [0.1, 0.15) is 0 Å². The smallest absolute Gasteiger partial charge is 0.225 e. The van der Waals surface area contributed by atoms with Gasteiger partial charge < -0.3 is 15.0 Å². The molecule has 0 bridgehead atoms. The van der Waals surface area contributed by atoms with Crippen LogP contribution in [0.25, 0.3) is 0 Å². The summed E-state index contributed by atoms with van der Waals surface area (Å²) < 4.78 is 5.66. The lowest BCUT2D eigenvalue weighted by Gasteiger charge is -2.43. The molecule has 1 amide bonds. The number of nitrogens with zero attached hydrogens (tertiary/aromatic N) is 2. The van der Waals surface area contributed by atoms with Gasteiger partial charge in [-0.25, -0.2) is 0 Å². The Hall–Kier alpha value is -0.650. The van der Waals surface area contributed by atoms with Gasteiger partial charge in [0.25, 0.3) is 0 Å². The zero-order valence-electron chi connectivity index (χ0n) is 11.6. The van der Waals surface area contributed by atoms with E-state index >= 15 is 0 Å². The molecule has 0 spiro atoms. The molecule has 3 heterocycles. The number of carbonyl (C=O) groups excluding carboxylic acids is 1. The first kappa shape index (κ1) is 13.3. The lowest BCUT2D eigenvalue weighted by Crippen LogP contribution is -2.62. The molecule has 1 unspecified atom stereocenters. The molecule has 0 aromatic carbocycles. The molecule has 0 aromatic rings. The Kier molecular flexibility index (Phi) is 4.35. The Bertz CT molecular complexity index is 306. The second kappa shape index (κ2) is 6.20. The lowest BCUT2D eigenvalue weighted by atomic mass is 10.1. The molecule has 0 aliphatic carbocycles. The van der Waals surface area contributed by atoms with E-state index in [1.54, 1.807) is 0 Å². The van der Waals surface area contributed by atoms with Crippen molar-refractivity contribution in [1.29, 1.82) is 0 Å². The number of amides is 1. The third-order valence-electron chi connectivity index (χ3n) is 4.62. The van der Waals surface area contributed by atoms with Crippen LogP contribution in [0.15, 0.2) is 0 Å².